The topological polar surface area (TPSA) is 47.6 Å². The third-order valence-electron chi connectivity index (χ3n) is 2.53. The second kappa shape index (κ2) is 5.54. The molecule has 0 saturated heterocycles. The lowest BCUT2D eigenvalue weighted by atomic mass is 10.1. The number of methoxy groups -OCH3 is 1. The Morgan fingerprint density at radius 2 is 1.75 bits per heavy atom. The molecule has 3 nitrogen and oxygen atoms in total. The Kier molecular flexibility index (Phi) is 4.35. The number of nitrogens with two attached hydrogens (primary N) is 1. The van der Waals surface area contributed by atoms with Gasteiger partial charge >= 0.3 is 0 Å². The molecule has 1 aromatic carbocycles. The maximum atomic E-state index is 5.84. The summed E-state index contributed by atoms with van der Waals surface area (Å²) in [4.78, 5) is 4.46. The van der Waals surface area contributed by atoms with Crippen LogP contribution in [-0.2, 0) is 0 Å². The molecule has 16 heavy (non-hydrogen) atoms. The second-order valence-corrected chi connectivity index (χ2v) is 4.16. The molecule has 1 atom stereocenters. The van der Waals surface area contributed by atoms with Crippen LogP contribution in [0.2, 0.25) is 0 Å². The van der Waals surface area contributed by atoms with Crippen LogP contribution >= 0.6 is 0 Å². The van der Waals surface area contributed by atoms with Crippen LogP contribution < -0.4 is 10.5 Å². The van der Waals surface area contributed by atoms with Crippen molar-refractivity contribution in [2.24, 2.45) is 16.6 Å². The van der Waals surface area contributed by atoms with Crippen molar-refractivity contribution < 1.29 is 4.74 Å². The summed E-state index contributed by atoms with van der Waals surface area (Å²) in [5.41, 5.74) is 6.98. The summed E-state index contributed by atoms with van der Waals surface area (Å²) in [5.74, 6) is 1.85. The lowest BCUT2D eigenvalue weighted by Crippen LogP contribution is -2.19. The molecule has 0 bridgehead atoms. The Bertz CT molecular complexity index is 355. The quantitative estimate of drug-likeness (QED) is 0.626. The highest BCUT2D eigenvalue weighted by Crippen LogP contribution is 2.20. The SMILES string of the molecule is COc1ccc(C(C)N=C(N)C(C)C)cc1. The van der Waals surface area contributed by atoms with Gasteiger partial charge in [0.05, 0.1) is 19.0 Å². The van der Waals surface area contributed by atoms with Gasteiger partial charge in [-0.25, -0.2) is 0 Å². The minimum Gasteiger partial charge on any atom is -0.497 e. The maximum Gasteiger partial charge on any atom is 0.118 e. The highest BCUT2D eigenvalue weighted by Gasteiger charge is 2.06. The Hall–Kier alpha value is -1.51. The van der Waals surface area contributed by atoms with Crippen LogP contribution in [0, 0.1) is 5.92 Å². The lowest BCUT2D eigenvalue weighted by molar-refractivity contribution is 0.414. The molecule has 1 unspecified atom stereocenters. The van der Waals surface area contributed by atoms with Gasteiger partial charge in [0.25, 0.3) is 0 Å². The number of amidine groups is 1. The fraction of sp³-hybridized carbons (Fsp3) is 0.462. The van der Waals surface area contributed by atoms with Gasteiger partial charge in [-0.1, -0.05) is 26.0 Å². The fourth-order valence-corrected chi connectivity index (χ4v) is 1.33. The minimum absolute atomic E-state index is 0.0910. The van der Waals surface area contributed by atoms with Crippen LogP contribution in [0.4, 0.5) is 0 Å². The molecule has 1 rings (SSSR count). The summed E-state index contributed by atoms with van der Waals surface area (Å²) < 4.78 is 5.11. The third-order valence-corrected chi connectivity index (χ3v) is 2.53. The molecule has 0 radical (unpaired) electrons. The van der Waals surface area contributed by atoms with E-state index in [1.54, 1.807) is 7.11 Å². The zero-order valence-corrected chi connectivity index (χ0v) is 10.4. The van der Waals surface area contributed by atoms with E-state index in [0.29, 0.717) is 11.8 Å². The molecule has 0 fully saturated rings. The summed E-state index contributed by atoms with van der Waals surface area (Å²) >= 11 is 0. The molecule has 0 spiro atoms. The van der Waals surface area contributed by atoms with E-state index in [2.05, 4.69) is 4.99 Å². The van der Waals surface area contributed by atoms with Crippen molar-refractivity contribution in [2.45, 2.75) is 26.8 Å². The van der Waals surface area contributed by atoms with E-state index >= 15 is 0 Å². The zero-order valence-electron chi connectivity index (χ0n) is 10.4. The summed E-state index contributed by atoms with van der Waals surface area (Å²) in [6.45, 7) is 6.12. The van der Waals surface area contributed by atoms with Crippen LogP contribution in [0.25, 0.3) is 0 Å². The van der Waals surface area contributed by atoms with Crippen LogP contribution in [0.1, 0.15) is 32.4 Å². The maximum absolute atomic E-state index is 5.84. The van der Waals surface area contributed by atoms with Gasteiger partial charge in [0.15, 0.2) is 0 Å². The van der Waals surface area contributed by atoms with E-state index in [-0.39, 0.29) is 6.04 Å². The predicted molar refractivity (Wildman–Crippen MR) is 67.9 cm³/mol. The molecule has 0 aromatic heterocycles. The van der Waals surface area contributed by atoms with Crippen molar-refractivity contribution in [3.05, 3.63) is 29.8 Å². The first-order valence-electron chi connectivity index (χ1n) is 5.51. The molecule has 0 aliphatic heterocycles. The third kappa shape index (κ3) is 3.26. The summed E-state index contributed by atoms with van der Waals surface area (Å²) in [6, 6.07) is 7.99. The first-order valence-corrected chi connectivity index (χ1v) is 5.51. The normalized spacial score (nSPS) is 13.9. The van der Waals surface area contributed by atoms with Crippen molar-refractivity contribution >= 4 is 5.84 Å². The Balaban J connectivity index is 2.80. The first kappa shape index (κ1) is 12.6. The van der Waals surface area contributed by atoms with Gasteiger partial charge in [0.1, 0.15) is 5.75 Å². The largest absolute Gasteiger partial charge is 0.497 e. The van der Waals surface area contributed by atoms with Gasteiger partial charge in [-0.3, -0.25) is 4.99 Å². The molecular weight excluding hydrogens is 200 g/mol. The number of hydrogen-bond acceptors (Lipinski definition) is 2. The first-order chi connectivity index (χ1) is 7.54. The van der Waals surface area contributed by atoms with Gasteiger partial charge in [-0.2, -0.15) is 0 Å². The van der Waals surface area contributed by atoms with Crippen LogP contribution in [0.3, 0.4) is 0 Å². The Morgan fingerprint density at radius 1 is 1.19 bits per heavy atom. The van der Waals surface area contributed by atoms with Crippen molar-refractivity contribution in [3.63, 3.8) is 0 Å². The highest BCUT2D eigenvalue weighted by molar-refractivity contribution is 5.82. The van der Waals surface area contributed by atoms with E-state index in [0.717, 1.165) is 11.3 Å². The molecule has 88 valence electrons. The molecule has 2 N–H and O–H groups in total. The summed E-state index contributed by atoms with van der Waals surface area (Å²) in [7, 11) is 1.66. The molecule has 1 aromatic rings. The van der Waals surface area contributed by atoms with Crippen molar-refractivity contribution in [2.75, 3.05) is 7.11 Å². The van der Waals surface area contributed by atoms with E-state index in [1.807, 2.05) is 45.0 Å². The van der Waals surface area contributed by atoms with Gasteiger partial charge in [-0.15, -0.1) is 0 Å². The van der Waals surface area contributed by atoms with Gasteiger partial charge in [-0.05, 0) is 24.6 Å². The molecular formula is C13H20N2O. The average molecular weight is 220 g/mol. The monoisotopic (exact) mass is 220 g/mol. The number of hydrogen-bond donors (Lipinski definition) is 1. The number of rotatable bonds is 4. The minimum atomic E-state index is 0.0910. The Labute approximate surface area is 97.3 Å². The van der Waals surface area contributed by atoms with Gasteiger partial charge in [0.2, 0.25) is 0 Å². The van der Waals surface area contributed by atoms with Gasteiger partial charge < -0.3 is 10.5 Å². The van der Waals surface area contributed by atoms with Crippen molar-refractivity contribution in [1.82, 2.24) is 0 Å². The van der Waals surface area contributed by atoms with E-state index < -0.39 is 0 Å². The van der Waals surface area contributed by atoms with E-state index in [4.69, 9.17) is 10.5 Å². The van der Waals surface area contributed by atoms with Crippen LogP contribution in [0.5, 0.6) is 5.75 Å². The van der Waals surface area contributed by atoms with Crippen molar-refractivity contribution in [1.29, 1.82) is 0 Å². The highest BCUT2D eigenvalue weighted by atomic mass is 16.5. The zero-order chi connectivity index (χ0) is 12.1. The predicted octanol–water partition coefficient (Wildman–Crippen LogP) is 2.77. The number of aliphatic imine (C=N–C) groups is 1. The number of nitrogens with zero attached hydrogens (tertiary/aromatic N) is 1. The molecule has 0 aliphatic rings. The fourth-order valence-electron chi connectivity index (χ4n) is 1.33. The molecule has 0 saturated carbocycles. The molecule has 0 heterocycles. The van der Waals surface area contributed by atoms with Crippen LogP contribution in [0.15, 0.2) is 29.3 Å². The van der Waals surface area contributed by atoms with Crippen LogP contribution in [-0.4, -0.2) is 12.9 Å². The molecule has 3 heteroatoms. The molecule has 0 aliphatic carbocycles. The lowest BCUT2D eigenvalue weighted by Gasteiger charge is -2.11. The summed E-state index contributed by atoms with van der Waals surface area (Å²) in [6.07, 6.45) is 0. The Morgan fingerprint density at radius 3 is 2.19 bits per heavy atom. The second-order valence-electron chi connectivity index (χ2n) is 4.16. The smallest absolute Gasteiger partial charge is 0.118 e. The standard InChI is InChI=1S/C13H20N2O/c1-9(2)13(14)15-10(3)11-5-7-12(16-4)8-6-11/h5-10H,1-4H3,(H2,14,15). The average Bonchev–Trinajstić information content (AvgIpc) is 2.28. The number of benzene rings is 1. The van der Waals surface area contributed by atoms with Gasteiger partial charge in [0, 0.05) is 5.92 Å². The summed E-state index contributed by atoms with van der Waals surface area (Å²) in [5, 5.41) is 0. The molecule has 0 amide bonds. The van der Waals surface area contributed by atoms with E-state index in [9.17, 15) is 0 Å². The van der Waals surface area contributed by atoms with Crippen molar-refractivity contribution in [3.8, 4) is 5.75 Å². The number of ether oxygens (including phenoxy) is 1. The van der Waals surface area contributed by atoms with E-state index in [1.165, 1.54) is 0 Å².